The zero-order valence-electron chi connectivity index (χ0n) is 18.5. The fraction of sp³-hybridized carbons (Fsp3) is 0.680. The number of hydrogen-bond donors (Lipinski definition) is 0. The maximum Gasteiger partial charge on any atom is 0.234 e. The van der Waals surface area contributed by atoms with Crippen molar-refractivity contribution < 1.29 is 23.9 Å². The summed E-state index contributed by atoms with van der Waals surface area (Å²) in [6.45, 7) is 1.41. The lowest BCUT2D eigenvalue weighted by molar-refractivity contribution is -0.147. The summed E-state index contributed by atoms with van der Waals surface area (Å²) in [6, 6.07) is 0. The van der Waals surface area contributed by atoms with Gasteiger partial charge in [0.2, 0.25) is 23.6 Å². The second-order valence-electron chi connectivity index (χ2n) is 11.0. The lowest BCUT2D eigenvalue weighted by Crippen LogP contribution is -2.50. The van der Waals surface area contributed by atoms with Crippen molar-refractivity contribution >= 4 is 23.6 Å². The Morgan fingerprint density at radius 3 is 1.52 bits per heavy atom. The molecular weight excluding hydrogens is 422 g/mol. The molecule has 2 saturated carbocycles. The van der Waals surface area contributed by atoms with Gasteiger partial charge in [-0.3, -0.25) is 33.9 Å². The number of carbonyl (C=O) groups is 4. The predicted molar refractivity (Wildman–Crippen MR) is 115 cm³/mol. The Labute approximate surface area is 192 Å². The SMILES string of the molecule is O=C1[C@@H]2[C@H](C(=O)N1CN(C[C@H]1CCCO1)CN1C(=O)[C@@H]3[C@H](C1=O)[C@H]1C=C[C@H]3C1)[C@H]1C=C[C@H]2C1. The Morgan fingerprint density at radius 1 is 0.727 bits per heavy atom. The number of nitrogens with zero attached hydrogens (tertiary/aromatic N) is 3. The summed E-state index contributed by atoms with van der Waals surface area (Å²) in [6.07, 6.45) is 12.0. The van der Waals surface area contributed by atoms with Crippen LogP contribution in [-0.4, -0.2) is 70.9 Å². The third-order valence-corrected chi connectivity index (χ3v) is 9.29. The number of likely N-dealkylation sites (tertiary alicyclic amines) is 2. The summed E-state index contributed by atoms with van der Waals surface area (Å²) in [5, 5.41) is 0. The van der Waals surface area contributed by atoms with Crippen LogP contribution in [0.5, 0.6) is 0 Å². The van der Waals surface area contributed by atoms with E-state index in [0.29, 0.717) is 13.2 Å². The fourth-order valence-corrected chi connectivity index (χ4v) is 7.84. The van der Waals surface area contributed by atoms with E-state index >= 15 is 0 Å². The summed E-state index contributed by atoms with van der Waals surface area (Å²) in [5.41, 5.74) is 0. The van der Waals surface area contributed by atoms with Gasteiger partial charge in [-0.2, -0.15) is 0 Å². The van der Waals surface area contributed by atoms with E-state index in [0.717, 1.165) is 25.7 Å². The average Bonchev–Trinajstić information content (AvgIpc) is 3.63. The molecule has 5 fully saturated rings. The Bertz CT molecular complexity index is 870. The molecule has 0 aromatic rings. The maximum atomic E-state index is 13.2. The Hall–Kier alpha value is -2.32. The molecule has 8 heteroatoms. The van der Waals surface area contributed by atoms with Gasteiger partial charge in [-0.15, -0.1) is 0 Å². The molecule has 0 N–H and O–H groups in total. The number of imide groups is 2. The number of amides is 4. The van der Waals surface area contributed by atoms with Gasteiger partial charge < -0.3 is 4.74 Å². The molecule has 174 valence electrons. The highest BCUT2D eigenvalue weighted by atomic mass is 16.5. The minimum atomic E-state index is -0.242. The van der Waals surface area contributed by atoms with Crippen LogP contribution in [0.1, 0.15) is 25.7 Å². The molecule has 0 unspecified atom stereocenters. The van der Waals surface area contributed by atoms with Crippen molar-refractivity contribution in [2.45, 2.75) is 31.8 Å². The van der Waals surface area contributed by atoms with Crippen LogP contribution in [0.15, 0.2) is 24.3 Å². The second-order valence-corrected chi connectivity index (χ2v) is 11.0. The van der Waals surface area contributed by atoms with Crippen LogP contribution in [0.25, 0.3) is 0 Å². The summed E-state index contributed by atoms with van der Waals surface area (Å²) in [7, 11) is 0. The molecule has 8 nitrogen and oxygen atoms in total. The summed E-state index contributed by atoms with van der Waals surface area (Å²) in [5.74, 6) is -0.712. The number of rotatable bonds is 6. The van der Waals surface area contributed by atoms with Crippen molar-refractivity contribution in [1.29, 1.82) is 0 Å². The van der Waals surface area contributed by atoms with E-state index < -0.39 is 0 Å². The third kappa shape index (κ3) is 2.77. The summed E-state index contributed by atoms with van der Waals surface area (Å²) in [4.78, 5) is 57.6. The van der Waals surface area contributed by atoms with Gasteiger partial charge >= 0.3 is 0 Å². The van der Waals surface area contributed by atoms with E-state index in [1.54, 1.807) is 0 Å². The lowest BCUT2D eigenvalue weighted by atomic mass is 9.85. The van der Waals surface area contributed by atoms with E-state index in [9.17, 15) is 19.2 Å². The van der Waals surface area contributed by atoms with E-state index in [1.807, 2.05) is 4.90 Å². The molecule has 7 rings (SSSR count). The number of ether oxygens (including phenoxy) is 1. The van der Waals surface area contributed by atoms with E-state index in [1.165, 1.54) is 9.80 Å². The zero-order valence-corrected chi connectivity index (χ0v) is 18.5. The van der Waals surface area contributed by atoms with Crippen LogP contribution < -0.4 is 0 Å². The van der Waals surface area contributed by atoms with Gasteiger partial charge in [-0.25, -0.2) is 0 Å². The molecule has 0 aromatic heterocycles. The fourth-order valence-electron chi connectivity index (χ4n) is 7.84. The van der Waals surface area contributed by atoms with E-state index in [-0.39, 0.29) is 90.4 Å². The molecule has 0 spiro atoms. The molecule has 4 aliphatic carbocycles. The van der Waals surface area contributed by atoms with Crippen LogP contribution in [-0.2, 0) is 23.9 Å². The van der Waals surface area contributed by atoms with Crippen LogP contribution in [0.2, 0.25) is 0 Å². The lowest BCUT2D eigenvalue weighted by Gasteiger charge is -2.32. The smallest absolute Gasteiger partial charge is 0.234 e. The molecule has 9 atom stereocenters. The first-order chi connectivity index (χ1) is 16.0. The van der Waals surface area contributed by atoms with Crippen LogP contribution in [0.3, 0.4) is 0 Å². The van der Waals surface area contributed by atoms with Crippen LogP contribution in [0.4, 0.5) is 0 Å². The van der Waals surface area contributed by atoms with Crippen molar-refractivity contribution in [1.82, 2.24) is 14.7 Å². The molecule has 33 heavy (non-hydrogen) atoms. The standard InChI is InChI=1S/C25H29N3O5/c29-22-18-13-3-4-14(8-13)19(18)23(30)27(22)11-26(10-17-2-1-7-33-17)12-28-24(31)20-15-5-6-16(9-15)21(20)25(28)32/h3-6,13-21H,1-2,7-12H2/t13-,14-,15-,16-,17+,18-,19+,20-,21+/m0/s1. The zero-order chi connectivity index (χ0) is 22.4. The molecule has 0 radical (unpaired) electrons. The molecule has 3 heterocycles. The van der Waals surface area contributed by atoms with Gasteiger partial charge in [0, 0.05) is 13.2 Å². The molecule has 0 aromatic carbocycles. The minimum Gasteiger partial charge on any atom is -0.377 e. The van der Waals surface area contributed by atoms with Gasteiger partial charge in [0.15, 0.2) is 0 Å². The van der Waals surface area contributed by atoms with Crippen molar-refractivity contribution in [2.75, 3.05) is 26.5 Å². The molecule has 4 bridgehead atoms. The highest BCUT2D eigenvalue weighted by Crippen LogP contribution is 2.53. The first-order valence-electron chi connectivity index (χ1n) is 12.4. The average molecular weight is 452 g/mol. The number of hydrogen-bond acceptors (Lipinski definition) is 6. The highest BCUT2D eigenvalue weighted by molar-refractivity contribution is 6.07. The van der Waals surface area contributed by atoms with Crippen molar-refractivity contribution in [3.63, 3.8) is 0 Å². The van der Waals surface area contributed by atoms with Crippen LogP contribution >= 0.6 is 0 Å². The molecule has 3 aliphatic heterocycles. The first kappa shape index (κ1) is 20.1. The van der Waals surface area contributed by atoms with Crippen LogP contribution in [0, 0.1) is 47.3 Å². The second kappa shape index (κ2) is 7.09. The molecular formula is C25H29N3O5. The van der Waals surface area contributed by atoms with Gasteiger partial charge in [-0.05, 0) is 49.4 Å². The molecule has 7 aliphatic rings. The molecule has 3 saturated heterocycles. The Kier molecular flexibility index (Phi) is 4.32. The number of carbonyl (C=O) groups excluding carboxylic acids is 4. The van der Waals surface area contributed by atoms with E-state index in [4.69, 9.17) is 4.74 Å². The molecule has 4 amide bonds. The Morgan fingerprint density at radius 2 is 1.15 bits per heavy atom. The number of fused-ring (bicyclic) bond motifs is 10. The van der Waals surface area contributed by atoms with Crippen molar-refractivity contribution in [3.05, 3.63) is 24.3 Å². The largest absolute Gasteiger partial charge is 0.377 e. The first-order valence-corrected chi connectivity index (χ1v) is 12.4. The number of allylic oxidation sites excluding steroid dienone is 4. The predicted octanol–water partition coefficient (Wildman–Crippen LogP) is 0.997. The van der Waals surface area contributed by atoms with Crippen molar-refractivity contribution in [3.8, 4) is 0 Å². The van der Waals surface area contributed by atoms with Crippen molar-refractivity contribution in [2.24, 2.45) is 47.3 Å². The summed E-state index contributed by atoms with van der Waals surface area (Å²) < 4.78 is 5.82. The van der Waals surface area contributed by atoms with Gasteiger partial charge in [0.05, 0.1) is 43.1 Å². The topological polar surface area (TPSA) is 87.2 Å². The minimum absolute atomic E-state index is 0.0136. The monoisotopic (exact) mass is 451 g/mol. The third-order valence-electron chi connectivity index (χ3n) is 9.29. The van der Waals surface area contributed by atoms with Gasteiger partial charge in [0.25, 0.3) is 0 Å². The quantitative estimate of drug-likeness (QED) is 0.442. The van der Waals surface area contributed by atoms with Gasteiger partial charge in [-0.1, -0.05) is 24.3 Å². The Balaban J connectivity index is 1.11. The normalized spacial score (nSPS) is 44.5. The highest BCUT2D eigenvalue weighted by Gasteiger charge is 2.61. The maximum absolute atomic E-state index is 13.2. The van der Waals surface area contributed by atoms with Gasteiger partial charge in [0.1, 0.15) is 0 Å². The summed E-state index contributed by atoms with van der Waals surface area (Å²) >= 11 is 0. The van der Waals surface area contributed by atoms with E-state index in [2.05, 4.69) is 24.3 Å².